The molecule has 0 atom stereocenters. The Hall–Kier alpha value is -3.44. The summed E-state index contributed by atoms with van der Waals surface area (Å²) >= 11 is 5.88. The number of ketones is 1. The second-order valence-corrected chi connectivity index (χ2v) is 6.88. The summed E-state index contributed by atoms with van der Waals surface area (Å²) in [6.45, 7) is 1.74. The largest absolute Gasteiger partial charge is 0.348 e. The zero-order valence-corrected chi connectivity index (χ0v) is 16.5. The summed E-state index contributed by atoms with van der Waals surface area (Å²) in [6.07, 6.45) is 0. The number of hydrogen-bond acceptors (Lipinski definition) is 3. The van der Waals surface area contributed by atoms with Crippen molar-refractivity contribution < 1.29 is 14.4 Å². The molecule has 29 heavy (non-hydrogen) atoms. The second kappa shape index (κ2) is 9.17. The van der Waals surface area contributed by atoms with Gasteiger partial charge in [0, 0.05) is 35.3 Å². The number of carbonyl (C=O) groups is 3. The number of halogens is 1. The quantitative estimate of drug-likeness (QED) is 0.593. The second-order valence-electron chi connectivity index (χ2n) is 6.44. The van der Waals surface area contributed by atoms with Crippen LogP contribution in [0.15, 0.2) is 72.8 Å². The highest BCUT2D eigenvalue weighted by Gasteiger charge is 2.17. The van der Waals surface area contributed by atoms with E-state index in [2.05, 4.69) is 10.6 Å². The van der Waals surface area contributed by atoms with E-state index in [4.69, 9.17) is 11.6 Å². The van der Waals surface area contributed by atoms with E-state index < -0.39 is 0 Å². The van der Waals surface area contributed by atoms with Gasteiger partial charge in [-0.25, -0.2) is 0 Å². The van der Waals surface area contributed by atoms with E-state index in [0.717, 1.165) is 5.56 Å². The number of carbonyl (C=O) groups excluding carboxylic acids is 3. The maximum absolute atomic E-state index is 12.8. The van der Waals surface area contributed by atoms with Crippen LogP contribution < -0.4 is 10.6 Å². The van der Waals surface area contributed by atoms with Gasteiger partial charge in [0.25, 0.3) is 5.91 Å². The van der Waals surface area contributed by atoms with Crippen molar-refractivity contribution in [1.82, 2.24) is 5.32 Å². The summed E-state index contributed by atoms with van der Waals surface area (Å²) in [7, 11) is 0. The monoisotopic (exact) mass is 406 g/mol. The molecule has 0 saturated heterocycles. The molecule has 2 amide bonds. The third-order valence-corrected chi connectivity index (χ3v) is 4.50. The molecule has 0 aromatic heterocycles. The van der Waals surface area contributed by atoms with Crippen LogP contribution in [0.25, 0.3) is 0 Å². The van der Waals surface area contributed by atoms with Gasteiger partial charge in [-0.05, 0) is 48.0 Å². The lowest BCUT2D eigenvalue weighted by Crippen LogP contribution is -2.25. The molecule has 0 aliphatic carbocycles. The molecule has 0 saturated carbocycles. The Morgan fingerprint density at radius 2 is 1.45 bits per heavy atom. The third-order valence-electron chi connectivity index (χ3n) is 4.25. The van der Waals surface area contributed by atoms with Crippen LogP contribution >= 0.6 is 11.6 Å². The first kappa shape index (κ1) is 20.3. The predicted octanol–water partition coefficient (Wildman–Crippen LogP) is 4.46. The number of amides is 2. The van der Waals surface area contributed by atoms with E-state index in [1.165, 1.54) is 6.92 Å². The van der Waals surface area contributed by atoms with Crippen LogP contribution in [-0.2, 0) is 11.3 Å². The summed E-state index contributed by atoms with van der Waals surface area (Å²) in [5.74, 6) is -0.728. The van der Waals surface area contributed by atoms with Gasteiger partial charge in [0.2, 0.25) is 5.91 Å². The van der Waals surface area contributed by atoms with Gasteiger partial charge in [-0.3, -0.25) is 14.4 Å². The third kappa shape index (κ3) is 5.30. The van der Waals surface area contributed by atoms with Gasteiger partial charge in [0.05, 0.1) is 5.56 Å². The lowest BCUT2D eigenvalue weighted by Gasteiger charge is -2.10. The Bertz CT molecular complexity index is 1040. The molecule has 0 heterocycles. The molecule has 0 unspecified atom stereocenters. The molecule has 3 aromatic rings. The number of hydrogen-bond donors (Lipinski definition) is 2. The highest BCUT2D eigenvalue weighted by atomic mass is 35.5. The van der Waals surface area contributed by atoms with Crippen LogP contribution in [0.2, 0.25) is 5.02 Å². The lowest BCUT2D eigenvalue weighted by atomic mass is 9.98. The van der Waals surface area contributed by atoms with Crippen LogP contribution in [0.3, 0.4) is 0 Å². The van der Waals surface area contributed by atoms with Crippen LogP contribution in [0, 0.1) is 0 Å². The molecule has 3 rings (SSSR count). The Kier molecular flexibility index (Phi) is 6.42. The van der Waals surface area contributed by atoms with E-state index in [0.29, 0.717) is 33.9 Å². The molecule has 0 aliphatic rings. The Morgan fingerprint density at radius 3 is 2.07 bits per heavy atom. The van der Waals surface area contributed by atoms with Crippen LogP contribution in [0.4, 0.5) is 5.69 Å². The van der Waals surface area contributed by atoms with E-state index in [1.54, 1.807) is 60.7 Å². The van der Waals surface area contributed by atoms with Crippen LogP contribution in [0.1, 0.15) is 38.8 Å². The standard InChI is InChI=1S/C23H19ClN2O3/c1-15(27)26-19-12-6-16(7-13-19)14-25-23(29)21-5-3-2-4-20(21)22(28)17-8-10-18(24)11-9-17/h2-13H,14H2,1H3,(H,25,29)(H,26,27). The Morgan fingerprint density at radius 1 is 0.828 bits per heavy atom. The van der Waals surface area contributed by atoms with Crippen molar-refractivity contribution >= 4 is 34.9 Å². The van der Waals surface area contributed by atoms with Crippen molar-refractivity contribution in [2.75, 3.05) is 5.32 Å². The molecule has 146 valence electrons. The summed E-state index contributed by atoms with van der Waals surface area (Å²) in [5, 5.41) is 6.06. The maximum Gasteiger partial charge on any atom is 0.252 e. The zero-order valence-electron chi connectivity index (χ0n) is 15.7. The first-order valence-corrected chi connectivity index (χ1v) is 9.36. The minimum absolute atomic E-state index is 0.145. The van der Waals surface area contributed by atoms with Gasteiger partial charge >= 0.3 is 0 Å². The molecule has 0 bridgehead atoms. The molecule has 0 aliphatic heterocycles. The molecule has 5 nitrogen and oxygen atoms in total. The molecule has 3 aromatic carbocycles. The molecular formula is C23H19ClN2O3. The van der Waals surface area contributed by atoms with E-state index >= 15 is 0 Å². The summed E-state index contributed by atoms with van der Waals surface area (Å²) < 4.78 is 0. The highest BCUT2D eigenvalue weighted by molar-refractivity contribution is 6.30. The van der Waals surface area contributed by atoms with Crippen molar-refractivity contribution in [2.45, 2.75) is 13.5 Å². The predicted molar refractivity (Wildman–Crippen MR) is 113 cm³/mol. The van der Waals surface area contributed by atoms with Crippen molar-refractivity contribution in [1.29, 1.82) is 0 Å². The van der Waals surface area contributed by atoms with Gasteiger partial charge in [-0.1, -0.05) is 41.9 Å². The molecule has 0 fully saturated rings. The first-order chi connectivity index (χ1) is 13.9. The van der Waals surface area contributed by atoms with Gasteiger partial charge in [0.15, 0.2) is 5.78 Å². The van der Waals surface area contributed by atoms with Crippen molar-refractivity contribution in [2.24, 2.45) is 0 Å². The normalized spacial score (nSPS) is 10.3. The first-order valence-electron chi connectivity index (χ1n) is 8.98. The highest BCUT2D eigenvalue weighted by Crippen LogP contribution is 2.17. The number of nitrogens with one attached hydrogen (secondary N) is 2. The molecule has 2 N–H and O–H groups in total. The average Bonchev–Trinajstić information content (AvgIpc) is 2.72. The fourth-order valence-electron chi connectivity index (χ4n) is 2.82. The average molecular weight is 407 g/mol. The van der Waals surface area contributed by atoms with Crippen molar-refractivity contribution in [3.63, 3.8) is 0 Å². The van der Waals surface area contributed by atoms with E-state index in [-0.39, 0.29) is 17.6 Å². The molecule has 6 heteroatoms. The molecule has 0 spiro atoms. The van der Waals surface area contributed by atoms with E-state index in [1.807, 2.05) is 12.1 Å². The fourth-order valence-corrected chi connectivity index (χ4v) is 2.95. The lowest BCUT2D eigenvalue weighted by molar-refractivity contribution is -0.114. The van der Waals surface area contributed by atoms with Gasteiger partial charge < -0.3 is 10.6 Å². The van der Waals surface area contributed by atoms with Gasteiger partial charge in [-0.2, -0.15) is 0 Å². The smallest absolute Gasteiger partial charge is 0.252 e. The fraction of sp³-hybridized carbons (Fsp3) is 0.0870. The topological polar surface area (TPSA) is 75.3 Å². The number of anilines is 1. The van der Waals surface area contributed by atoms with Crippen molar-refractivity contribution in [3.8, 4) is 0 Å². The zero-order chi connectivity index (χ0) is 20.8. The van der Waals surface area contributed by atoms with Crippen molar-refractivity contribution in [3.05, 3.63) is 100 Å². The Labute approximate surface area is 173 Å². The number of rotatable bonds is 6. The van der Waals surface area contributed by atoms with Crippen LogP contribution in [-0.4, -0.2) is 17.6 Å². The van der Waals surface area contributed by atoms with Crippen LogP contribution in [0.5, 0.6) is 0 Å². The van der Waals surface area contributed by atoms with Gasteiger partial charge in [-0.15, -0.1) is 0 Å². The molecule has 0 radical (unpaired) electrons. The Balaban J connectivity index is 1.72. The van der Waals surface area contributed by atoms with E-state index in [9.17, 15) is 14.4 Å². The SMILES string of the molecule is CC(=O)Nc1ccc(CNC(=O)c2ccccc2C(=O)c2ccc(Cl)cc2)cc1. The summed E-state index contributed by atoms with van der Waals surface area (Å²) in [5.41, 5.74) is 2.65. The summed E-state index contributed by atoms with van der Waals surface area (Å²) in [6, 6.07) is 20.4. The number of benzene rings is 3. The minimum atomic E-state index is -0.339. The van der Waals surface area contributed by atoms with Gasteiger partial charge in [0.1, 0.15) is 0 Å². The maximum atomic E-state index is 12.8. The molecular weight excluding hydrogens is 388 g/mol. The summed E-state index contributed by atoms with van der Waals surface area (Å²) in [4.78, 5) is 36.6. The minimum Gasteiger partial charge on any atom is -0.348 e.